The molecule has 0 bridgehead atoms. The van der Waals surface area contributed by atoms with Gasteiger partial charge in [-0.15, -0.1) is 0 Å². The molecule has 1 N–H and O–H groups in total. The zero-order chi connectivity index (χ0) is 23.0. The zero-order valence-corrected chi connectivity index (χ0v) is 18.7. The molecule has 0 aliphatic rings. The van der Waals surface area contributed by atoms with Gasteiger partial charge in [-0.1, -0.05) is 11.6 Å². The van der Waals surface area contributed by atoms with Gasteiger partial charge in [-0.2, -0.15) is 0 Å². The van der Waals surface area contributed by atoms with E-state index in [9.17, 15) is 9.59 Å². The summed E-state index contributed by atoms with van der Waals surface area (Å²) in [5, 5.41) is 3.14. The lowest BCUT2D eigenvalue weighted by Crippen LogP contribution is -2.20. The van der Waals surface area contributed by atoms with Crippen LogP contribution in [-0.4, -0.2) is 46.9 Å². The Morgan fingerprint density at radius 2 is 1.55 bits per heavy atom. The summed E-state index contributed by atoms with van der Waals surface area (Å²) in [6, 6.07) is 6.61. The number of carbonyl (C=O) groups excluding carboxylic acids is 2. The predicted molar refractivity (Wildman–Crippen MR) is 117 cm³/mol. The number of esters is 1. The van der Waals surface area contributed by atoms with E-state index in [-0.39, 0.29) is 0 Å². The Morgan fingerprint density at radius 1 is 0.935 bits per heavy atom. The van der Waals surface area contributed by atoms with Crippen molar-refractivity contribution >= 4 is 35.2 Å². The summed E-state index contributed by atoms with van der Waals surface area (Å²) in [5.74, 6) is 0.521. The van der Waals surface area contributed by atoms with E-state index in [2.05, 4.69) is 5.32 Å². The molecule has 1 amide bonds. The number of hydrogen-bond donors (Lipinski definition) is 1. The Balaban J connectivity index is 2.00. The Kier molecular flexibility index (Phi) is 8.57. The minimum absolute atomic E-state index is 0.401. The largest absolute Gasteiger partial charge is 0.495 e. The third-order valence-electron chi connectivity index (χ3n) is 4.20. The van der Waals surface area contributed by atoms with Crippen molar-refractivity contribution in [1.29, 1.82) is 0 Å². The van der Waals surface area contributed by atoms with Gasteiger partial charge in [0.05, 0.1) is 34.1 Å². The van der Waals surface area contributed by atoms with Crippen LogP contribution in [0.3, 0.4) is 0 Å². The summed E-state index contributed by atoms with van der Waals surface area (Å²) < 4.78 is 26.0. The molecule has 0 aromatic heterocycles. The van der Waals surface area contributed by atoms with Gasteiger partial charge in [0.1, 0.15) is 5.75 Å². The highest BCUT2D eigenvalue weighted by Crippen LogP contribution is 2.38. The number of rotatable bonds is 9. The molecule has 9 heteroatoms. The SMILES string of the molecule is COc1cc(Cl)c(C)cc1NC(=O)COC(=O)/C=C/c1cc(OC)c(OC)c(OC)c1. The molecule has 31 heavy (non-hydrogen) atoms. The number of halogens is 1. The number of benzene rings is 2. The molecule has 0 saturated carbocycles. The second-order valence-electron chi connectivity index (χ2n) is 6.25. The highest BCUT2D eigenvalue weighted by molar-refractivity contribution is 6.31. The molecule has 0 heterocycles. The first-order chi connectivity index (χ1) is 14.8. The minimum atomic E-state index is -0.692. The van der Waals surface area contributed by atoms with Gasteiger partial charge >= 0.3 is 5.97 Å². The molecule has 0 saturated heterocycles. The predicted octanol–water partition coefficient (Wildman–Crippen LogP) is 3.88. The lowest BCUT2D eigenvalue weighted by atomic mass is 10.1. The van der Waals surface area contributed by atoms with Crippen LogP contribution in [0.5, 0.6) is 23.0 Å². The molecule has 0 aliphatic heterocycles. The van der Waals surface area contributed by atoms with Crippen molar-refractivity contribution in [1.82, 2.24) is 0 Å². The Bertz CT molecular complexity index is 963. The van der Waals surface area contributed by atoms with Gasteiger partial charge in [0.2, 0.25) is 5.75 Å². The minimum Gasteiger partial charge on any atom is -0.495 e. The molecule has 8 nitrogen and oxygen atoms in total. The standard InChI is InChI=1S/C22H24ClNO7/c1-13-8-16(17(27-2)11-15(13)23)24-20(25)12-31-21(26)7-6-14-9-18(28-3)22(30-5)19(10-14)29-4/h6-11H,12H2,1-5H3,(H,24,25)/b7-6+. The number of hydrogen-bond acceptors (Lipinski definition) is 7. The van der Waals surface area contributed by atoms with Crippen molar-refractivity contribution in [3.63, 3.8) is 0 Å². The Hall–Kier alpha value is -3.39. The molecule has 2 rings (SSSR count). The van der Waals surface area contributed by atoms with Crippen molar-refractivity contribution < 1.29 is 33.3 Å². The fraction of sp³-hybridized carbons (Fsp3) is 0.273. The highest BCUT2D eigenvalue weighted by Gasteiger charge is 2.13. The third kappa shape index (κ3) is 6.29. The van der Waals surface area contributed by atoms with Gasteiger partial charge in [-0.3, -0.25) is 4.79 Å². The van der Waals surface area contributed by atoms with Crippen molar-refractivity contribution in [2.45, 2.75) is 6.92 Å². The highest BCUT2D eigenvalue weighted by atomic mass is 35.5. The first-order valence-corrected chi connectivity index (χ1v) is 9.49. The maximum Gasteiger partial charge on any atom is 0.331 e. The van der Waals surface area contributed by atoms with Crippen LogP contribution < -0.4 is 24.3 Å². The summed E-state index contributed by atoms with van der Waals surface area (Å²) in [5.41, 5.74) is 1.82. The van der Waals surface area contributed by atoms with Crippen molar-refractivity contribution in [3.8, 4) is 23.0 Å². The first-order valence-electron chi connectivity index (χ1n) is 9.11. The molecule has 0 fully saturated rings. The molecule has 0 spiro atoms. The average Bonchev–Trinajstić information content (AvgIpc) is 2.77. The van der Waals surface area contributed by atoms with Crippen molar-refractivity contribution in [2.24, 2.45) is 0 Å². The van der Waals surface area contributed by atoms with E-state index in [0.717, 1.165) is 5.56 Å². The van der Waals surface area contributed by atoms with Crippen LogP contribution in [0.25, 0.3) is 6.08 Å². The maximum atomic E-state index is 12.1. The Morgan fingerprint density at radius 3 is 2.10 bits per heavy atom. The quantitative estimate of drug-likeness (QED) is 0.458. The fourth-order valence-electron chi connectivity index (χ4n) is 2.66. The van der Waals surface area contributed by atoms with Crippen LogP contribution in [0.4, 0.5) is 5.69 Å². The smallest absolute Gasteiger partial charge is 0.331 e. The van der Waals surface area contributed by atoms with Crippen LogP contribution in [0.15, 0.2) is 30.3 Å². The molecule has 0 unspecified atom stereocenters. The summed E-state index contributed by atoms with van der Waals surface area (Å²) >= 11 is 6.05. The topological polar surface area (TPSA) is 92.3 Å². The number of anilines is 1. The van der Waals surface area contributed by atoms with E-state index in [1.54, 1.807) is 31.2 Å². The van der Waals surface area contributed by atoms with Gasteiger partial charge in [-0.05, 0) is 42.3 Å². The molecule has 166 valence electrons. The van der Waals surface area contributed by atoms with E-state index in [0.29, 0.717) is 39.3 Å². The number of carbonyl (C=O) groups is 2. The molecule has 0 radical (unpaired) electrons. The summed E-state index contributed by atoms with van der Waals surface area (Å²) in [4.78, 5) is 24.2. The van der Waals surface area contributed by atoms with Crippen LogP contribution in [0.1, 0.15) is 11.1 Å². The number of amides is 1. The van der Waals surface area contributed by atoms with Crippen LogP contribution in [0.2, 0.25) is 5.02 Å². The normalized spacial score (nSPS) is 10.5. The molecule has 2 aromatic carbocycles. The monoisotopic (exact) mass is 449 g/mol. The second kappa shape index (κ2) is 11.1. The molecular weight excluding hydrogens is 426 g/mol. The number of aryl methyl sites for hydroxylation is 1. The van der Waals surface area contributed by atoms with Gasteiger partial charge < -0.3 is 29.0 Å². The second-order valence-corrected chi connectivity index (χ2v) is 6.66. The van der Waals surface area contributed by atoms with Crippen LogP contribution in [0, 0.1) is 6.92 Å². The van der Waals surface area contributed by atoms with E-state index in [1.807, 2.05) is 0 Å². The van der Waals surface area contributed by atoms with Crippen LogP contribution >= 0.6 is 11.6 Å². The van der Waals surface area contributed by atoms with Gasteiger partial charge in [0.25, 0.3) is 5.91 Å². The van der Waals surface area contributed by atoms with Gasteiger partial charge in [0.15, 0.2) is 18.1 Å². The van der Waals surface area contributed by atoms with E-state index < -0.39 is 18.5 Å². The average molecular weight is 450 g/mol. The lowest BCUT2D eigenvalue weighted by Gasteiger charge is -2.13. The lowest BCUT2D eigenvalue weighted by molar-refractivity contribution is -0.142. The molecule has 2 aromatic rings. The van der Waals surface area contributed by atoms with E-state index >= 15 is 0 Å². The van der Waals surface area contributed by atoms with E-state index in [4.69, 9.17) is 35.3 Å². The van der Waals surface area contributed by atoms with Crippen molar-refractivity contribution in [2.75, 3.05) is 40.4 Å². The van der Waals surface area contributed by atoms with Crippen molar-refractivity contribution in [3.05, 3.63) is 46.5 Å². The summed E-state index contributed by atoms with van der Waals surface area (Å²) in [6.45, 7) is 1.33. The molecule has 0 atom stereocenters. The third-order valence-corrected chi connectivity index (χ3v) is 4.61. The number of methoxy groups -OCH3 is 4. The van der Waals surface area contributed by atoms with Gasteiger partial charge in [0, 0.05) is 17.2 Å². The van der Waals surface area contributed by atoms with Gasteiger partial charge in [-0.25, -0.2) is 4.79 Å². The maximum absolute atomic E-state index is 12.1. The molecular formula is C22H24ClNO7. The summed E-state index contributed by atoms with van der Waals surface area (Å²) in [7, 11) is 5.95. The molecule has 0 aliphatic carbocycles. The first kappa shape index (κ1) is 23.9. The zero-order valence-electron chi connectivity index (χ0n) is 17.9. The van der Waals surface area contributed by atoms with Crippen LogP contribution in [-0.2, 0) is 14.3 Å². The number of nitrogens with one attached hydrogen (secondary N) is 1. The van der Waals surface area contributed by atoms with E-state index in [1.165, 1.54) is 40.6 Å². The fourth-order valence-corrected chi connectivity index (χ4v) is 2.82. The number of ether oxygens (including phenoxy) is 5. The Labute approximate surface area is 185 Å². The summed E-state index contributed by atoms with van der Waals surface area (Å²) in [6.07, 6.45) is 2.71.